The van der Waals surface area contributed by atoms with Gasteiger partial charge in [0.2, 0.25) is 0 Å². The van der Waals surface area contributed by atoms with Crippen LogP contribution in [-0.4, -0.2) is 13.1 Å². The topological polar surface area (TPSA) is 12.0 Å². The van der Waals surface area contributed by atoms with E-state index in [1.165, 1.54) is 49.7 Å². The van der Waals surface area contributed by atoms with Crippen LogP contribution in [0.3, 0.4) is 0 Å². The lowest BCUT2D eigenvalue weighted by molar-refractivity contribution is 0.400. The van der Waals surface area contributed by atoms with Crippen molar-refractivity contribution in [3.8, 4) is 0 Å². The van der Waals surface area contributed by atoms with E-state index in [9.17, 15) is 0 Å². The lowest BCUT2D eigenvalue weighted by atomic mass is 9.90. The van der Waals surface area contributed by atoms with Crippen LogP contribution in [0.15, 0.2) is 24.3 Å². The molecular weight excluding hydrogens is 230 g/mol. The highest BCUT2D eigenvalue weighted by Crippen LogP contribution is 2.27. The Hall–Kier alpha value is -0.820. The van der Waals surface area contributed by atoms with Gasteiger partial charge in [0.15, 0.2) is 0 Å². The van der Waals surface area contributed by atoms with Crippen molar-refractivity contribution in [2.75, 3.05) is 7.05 Å². The number of nitrogens with one attached hydrogen (secondary N) is 1. The average molecular weight is 259 g/mol. The van der Waals surface area contributed by atoms with Crippen LogP contribution >= 0.6 is 0 Å². The highest BCUT2D eigenvalue weighted by molar-refractivity contribution is 5.25. The van der Waals surface area contributed by atoms with E-state index in [1.807, 2.05) is 0 Å². The van der Waals surface area contributed by atoms with Crippen molar-refractivity contribution in [2.45, 2.75) is 64.3 Å². The van der Waals surface area contributed by atoms with Gasteiger partial charge in [0.05, 0.1) is 0 Å². The Balaban J connectivity index is 1.95. The van der Waals surface area contributed by atoms with Crippen molar-refractivity contribution in [3.63, 3.8) is 0 Å². The summed E-state index contributed by atoms with van der Waals surface area (Å²) in [6.45, 7) is 4.52. The predicted octanol–water partition coefficient (Wildman–Crippen LogP) is 4.52. The van der Waals surface area contributed by atoms with Gasteiger partial charge in [-0.2, -0.15) is 0 Å². The van der Waals surface area contributed by atoms with Crippen LogP contribution in [-0.2, 0) is 6.42 Å². The second-order valence-corrected chi connectivity index (χ2v) is 6.47. The molecule has 19 heavy (non-hydrogen) atoms. The molecule has 1 aliphatic carbocycles. The third-order valence-corrected chi connectivity index (χ3v) is 4.61. The van der Waals surface area contributed by atoms with E-state index in [0.717, 1.165) is 12.0 Å². The van der Waals surface area contributed by atoms with E-state index in [0.29, 0.717) is 5.92 Å². The molecular formula is C18H29N. The minimum Gasteiger partial charge on any atom is -0.317 e. The number of rotatable bonds is 4. The molecule has 0 spiro atoms. The first-order chi connectivity index (χ1) is 9.19. The van der Waals surface area contributed by atoms with Gasteiger partial charge in [-0.15, -0.1) is 0 Å². The molecule has 2 atom stereocenters. The van der Waals surface area contributed by atoms with E-state index in [1.54, 1.807) is 0 Å². The third kappa shape index (κ3) is 4.35. The van der Waals surface area contributed by atoms with Crippen molar-refractivity contribution < 1.29 is 0 Å². The van der Waals surface area contributed by atoms with E-state index >= 15 is 0 Å². The second-order valence-electron chi connectivity index (χ2n) is 6.47. The summed E-state index contributed by atoms with van der Waals surface area (Å²) in [5.41, 5.74) is 2.98. The third-order valence-electron chi connectivity index (χ3n) is 4.61. The maximum absolute atomic E-state index is 3.48. The van der Waals surface area contributed by atoms with Gasteiger partial charge in [0.1, 0.15) is 0 Å². The molecule has 2 rings (SSSR count). The Bertz CT molecular complexity index is 366. The minimum absolute atomic E-state index is 0.639. The Morgan fingerprint density at radius 1 is 1.11 bits per heavy atom. The molecule has 2 unspecified atom stereocenters. The number of hydrogen-bond acceptors (Lipinski definition) is 1. The van der Waals surface area contributed by atoms with Gasteiger partial charge in [0.25, 0.3) is 0 Å². The van der Waals surface area contributed by atoms with E-state index in [4.69, 9.17) is 0 Å². The molecule has 0 radical (unpaired) electrons. The first kappa shape index (κ1) is 14.6. The minimum atomic E-state index is 0.639. The Kier molecular flexibility index (Phi) is 5.45. The van der Waals surface area contributed by atoms with Gasteiger partial charge in [-0.3, -0.25) is 0 Å². The quantitative estimate of drug-likeness (QED) is 0.784. The molecule has 1 aliphatic rings. The summed E-state index contributed by atoms with van der Waals surface area (Å²) in [5.74, 6) is 1.51. The molecule has 0 aromatic heterocycles. The molecule has 0 saturated heterocycles. The van der Waals surface area contributed by atoms with Crippen LogP contribution in [0.1, 0.15) is 63.0 Å². The molecule has 1 heteroatoms. The molecule has 106 valence electrons. The Morgan fingerprint density at radius 3 is 2.42 bits per heavy atom. The smallest absolute Gasteiger partial charge is 0.00668 e. The maximum Gasteiger partial charge on any atom is 0.00668 e. The van der Waals surface area contributed by atoms with Crippen molar-refractivity contribution in [1.82, 2.24) is 5.32 Å². The van der Waals surface area contributed by atoms with Crippen LogP contribution in [0.2, 0.25) is 0 Å². The molecule has 0 amide bonds. The molecule has 1 fully saturated rings. The maximum atomic E-state index is 3.48. The Labute approximate surface area is 118 Å². The van der Waals surface area contributed by atoms with Crippen LogP contribution in [0.4, 0.5) is 0 Å². The largest absolute Gasteiger partial charge is 0.317 e. The molecule has 1 nitrogen and oxygen atoms in total. The first-order valence-electron chi connectivity index (χ1n) is 7.95. The summed E-state index contributed by atoms with van der Waals surface area (Å²) < 4.78 is 0. The van der Waals surface area contributed by atoms with Crippen molar-refractivity contribution in [1.29, 1.82) is 0 Å². The van der Waals surface area contributed by atoms with Gasteiger partial charge >= 0.3 is 0 Å². The summed E-state index contributed by atoms with van der Waals surface area (Å²) in [6, 6.07) is 10.0. The van der Waals surface area contributed by atoms with Crippen molar-refractivity contribution >= 4 is 0 Å². The number of benzene rings is 1. The fourth-order valence-electron chi connectivity index (χ4n) is 3.28. The van der Waals surface area contributed by atoms with Crippen LogP contribution in [0, 0.1) is 5.92 Å². The first-order valence-corrected chi connectivity index (χ1v) is 7.95. The zero-order valence-corrected chi connectivity index (χ0v) is 12.8. The monoisotopic (exact) mass is 259 g/mol. The fourth-order valence-corrected chi connectivity index (χ4v) is 3.28. The van der Waals surface area contributed by atoms with Crippen LogP contribution in [0.5, 0.6) is 0 Å². The molecule has 1 saturated carbocycles. The molecule has 1 aromatic carbocycles. The lowest BCUT2D eigenvalue weighted by Crippen LogP contribution is -2.26. The molecule has 0 aliphatic heterocycles. The van der Waals surface area contributed by atoms with E-state index < -0.39 is 0 Å². The average Bonchev–Trinajstić information content (AvgIpc) is 2.64. The zero-order valence-electron chi connectivity index (χ0n) is 12.8. The number of hydrogen-bond donors (Lipinski definition) is 1. The molecule has 0 heterocycles. The lowest BCUT2D eigenvalue weighted by Gasteiger charge is -2.19. The van der Waals surface area contributed by atoms with Crippen molar-refractivity contribution in [3.05, 3.63) is 35.4 Å². The standard InChI is InChI=1S/C18H29N/c1-14(2)17-10-8-15(9-11-17)12-16-6-4-5-7-18(13-16)19-3/h8-11,14,16,18-19H,4-7,12-13H2,1-3H3. The van der Waals surface area contributed by atoms with Gasteiger partial charge in [-0.1, -0.05) is 57.4 Å². The normalized spacial score (nSPS) is 24.4. The predicted molar refractivity (Wildman–Crippen MR) is 83.7 cm³/mol. The summed E-state index contributed by atoms with van der Waals surface area (Å²) in [7, 11) is 2.12. The summed E-state index contributed by atoms with van der Waals surface area (Å²) in [6.07, 6.45) is 8.18. The van der Waals surface area contributed by atoms with Crippen LogP contribution in [0.25, 0.3) is 0 Å². The van der Waals surface area contributed by atoms with E-state index in [-0.39, 0.29) is 0 Å². The fraction of sp³-hybridized carbons (Fsp3) is 0.667. The highest BCUT2D eigenvalue weighted by Gasteiger charge is 2.19. The molecule has 1 N–H and O–H groups in total. The molecule has 0 bridgehead atoms. The highest BCUT2D eigenvalue weighted by atomic mass is 14.9. The SMILES string of the molecule is CNC1CCCCC(Cc2ccc(C(C)C)cc2)C1. The van der Waals surface area contributed by atoms with E-state index in [2.05, 4.69) is 50.5 Å². The summed E-state index contributed by atoms with van der Waals surface area (Å²) in [4.78, 5) is 0. The summed E-state index contributed by atoms with van der Waals surface area (Å²) >= 11 is 0. The second kappa shape index (κ2) is 7.09. The van der Waals surface area contributed by atoms with Crippen molar-refractivity contribution in [2.24, 2.45) is 5.92 Å². The zero-order chi connectivity index (χ0) is 13.7. The van der Waals surface area contributed by atoms with Gasteiger partial charge in [-0.05, 0) is 49.3 Å². The van der Waals surface area contributed by atoms with Gasteiger partial charge in [0, 0.05) is 6.04 Å². The Morgan fingerprint density at radius 2 is 1.79 bits per heavy atom. The van der Waals surface area contributed by atoms with Crippen LogP contribution < -0.4 is 5.32 Å². The molecule has 1 aromatic rings. The van der Waals surface area contributed by atoms with Gasteiger partial charge in [-0.25, -0.2) is 0 Å². The van der Waals surface area contributed by atoms with Gasteiger partial charge < -0.3 is 5.32 Å². The summed E-state index contributed by atoms with van der Waals surface area (Å²) in [5, 5.41) is 3.48.